The normalized spacial score (nSPS) is 10.5. The lowest BCUT2D eigenvalue weighted by Gasteiger charge is -2.04. The summed E-state index contributed by atoms with van der Waals surface area (Å²) in [4.78, 5) is 23.2. The second kappa shape index (κ2) is 8.70. The summed E-state index contributed by atoms with van der Waals surface area (Å²) in [6, 6.07) is 16.6. The third kappa shape index (κ3) is 5.92. The minimum Gasteiger partial charge on any atom is -0.347 e. The maximum Gasteiger partial charge on any atom is 0.329 e. The minimum absolute atomic E-state index is 0.386. The van der Waals surface area contributed by atoms with Gasteiger partial charge in [0.15, 0.2) is 0 Å². The van der Waals surface area contributed by atoms with Crippen molar-refractivity contribution in [1.29, 1.82) is 0 Å². The predicted molar refractivity (Wildman–Crippen MR) is 90.3 cm³/mol. The molecule has 0 aliphatic carbocycles. The zero-order chi connectivity index (χ0) is 16.5. The molecule has 5 nitrogen and oxygen atoms in total. The number of nitrogens with one attached hydrogen (secondary N) is 2. The van der Waals surface area contributed by atoms with E-state index in [-0.39, 0.29) is 0 Å². The Morgan fingerprint density at radius 1 is 1.00 bits per heavy atom. The SMILES string of the molecule is O=C(NCCc1ccccc1)C(=O)N/N=C/c1ccc(Cl)cc1. The van der Waals surface area contributed by atoms with Gasteiger partial charge in [-0.15, -0.1) is 0 Å². The van der Waals surface area contributed by atoms with Gasteiger partial charge in [0.05, 0.1) is 6.21 Å². The van der Waals surface area contributed by atoms with Crippen LogP contribution >= 0.6 is 11.6 Å². The molecule has 0 saturated carbocycles. The highest BCUT2D eigenvalue weighted by molar-refractivity contribution is 6.35. The van der Waals surface area contributed by atoms with Crippen LogP contribution in [0, 0.1) is 0 Å². The number of hydrogen-bond donors (Lipinski definition) is 2. The van der Waals surface area contributed by atoms with Gasteiger partial charge in [-0.05, 0) is 29.7 Å². The van der Waals surface area contributed by atoms with Crippen LogP contribution in [0.4, 0.5) is 0 Å². The van der Waals surface area contributed by atoms with Gasteiger partial charge in [0.2, 0.25) is 0 Å². The molecule has 0 fully saturated rings. The van der Waals surface area contributed by atoms with E-state index in [4.69, 9.17) is 11.6 Å². The van der Waals surface area contributed by atoms with Crippen molar-refractivity contribution in [2.24, 2.45) is 5.10 Å². The number of carbonyl (C=O) groups excluding carboxylic acids is 2. The third-order valence-corrected chi connectivity index (χ3v) is 3.25. The van der Waals surface area contributed by atoms with Crippen LogP contribution in [0.25, 0.3) is 0 Å². The Morgan fingerprint density at radius 3 is 2.39 bits per heavy atom. The first-order valence-electron chi connectivity index (χ1n) is 7.06. The van der Waals surface area contributed by atoms with E-state index in [2.05, 4.69) is 15.8 Å². The molecule has 0 unspecified atom stereocenters. The van der Waals surface area contributed by atoms with Gasteiger partial charge < -0.3 is 5.32 Å². The summed E-state index contributed by atoms with van der Waals surface area (Å²) in [6.07, 6.45) is 2.10. The molecule has 2 rings (SSSR count). The van der Waals surface area contributed by atoms with E-state index in [0.717, 1.165) is 11.1 Å². The molecule has 0 aliphatic heterocycles. The molecule has 6 heteroatoms. The van der Waals surface area contributed by atoms with E-state index in [1.807, 2.05) is 30.3 Å². The first kappa shape index (κ1) is 16.7. The lowest BCUT2D eigenvalue weighted by Crippen LogP contribution is -2.38. The summed E-state index contributed by atoms with van der Waals surface area (Å²) in [5.41, 5.74) is 4.03. The maximum atomic E-state index is 11.6. The Kier molecular flexibility index (Phi) is 6.32. The monoisotopic (exact) mass is 329 g/mol. The maximum absolute atomic E-state index is 11.6. The van der Waals surface area contributed by atoms with Crippen LogP contribution in [-0.4, -0.2) is 24.6 Å². The fourth-order valence-electron chi connectivity index (χ4n) is 1.81. The van der Waals surface area contributed by atoms with Crippen molar-refractivity contribution in [3.05, 3.63) is 70.7 Å². The average molecular weight is 330 g/mol. The van der Waals surface area contributed by atoms with Crippen molar-refractivity contribution in [2.75, 3.05) is 6.54 Å². The Hall–Kier alpha value is -2.66. The molecule has 0 heterocycles. The Balaban J connectivity index is 1.72. The fourth-order valence-corrected chi connectivity index (χ4v) is 1.94. The molecule has 118 valence electrons. The quantitative estimate of drug-likeness (QED) is 0.501. The third-order valence-electron chi connectivity index (χ3n) is 3.00. The van der Waals surface area contributed by atoms with Gasteiger partial charge in [-0.3, -0.25) is 9.59 Å². The standard InChI is InChI=1S/C17H16ClN3O2/c18-15-8-6-14(7-9-15)12-20-21-17(23)16(22)19-11-10-13-4-2-1-3-5-13/h1-9,12H,10-11H2,(H,19,22)(H,21,23)/b20-12+. The van der Waals surface area contributed by atoms with Crippen molar-refractivity contribution < 1.29 is 9.59 Å². The second-order valence-electron chi connectivity index (χ2n) is 4.74. The van der Waals surface area contributed by atoms with E-state index in [0.29, 0.717) is 18.0 Å². The molecular weight excluding hydrogens is 314 g/mol. The van der Waals surface area contributed by atoms with E-state index in [1.165, 1.54) is 6.21 Å². The molecule has 23 heavy (non-hydrogen) atoms. The zero-order valence-corrected chi connectivity index (χ0v) is 13.1. The largest absolute Gasteiger partial charge is 0.347 e. The summed E-state index contributed by atoms with van der Waals surface area (Å²) in [7, 11) is 0. The second-order valence-corrected chi connectivity index (χ2v) is 5.18. The van der Waals surface area contributed by atoms with Gasteiger partial charge in [0, 0.05) is 11.6 Å². The fraction of sp³-hybridized carbons (Fsp3) is 0.118. The molecule has 0 atom stereocenters. The number of carbonyl (C=O) groups is 2. The van der Waals surface area contributed by atoms with Crippen molar-refractivity contribution in [2.45, 2.75) is 6.42 Å². The number of hydrogen-bond acceptors (Lipinski definition) is 3. The van der Waals surface area contributed by atoms with Gasteiger partial charge in [0.25, 0.3) is 0 Å². The van der Waals surface area contributed by atoms with Crippen molar-refractivity contribution >= 4 is 29.6 Å². The average Bonchev–Trinajstić information content (AvgIpc) is 2.57. The van der Waals surface area contributed by atoms with Crippen LogP contribution in [-0.2, 0) is 16.0 Å². The van der Waals surface area contributed by atoms with E-state index >= 15 is 0 Å². The van der Waals surface area contributed by atoms with Crippen LogP contribution in [0.3, 0.4) is 0 Å². The van der Waals surface area contributed by atoms with Gasteiger partial charge in [0.1, 0.15) is 0 Å². The van der Waals surface area contributed by atoms with Gasteiger partial charge >= 0.3 is 11.8 Å². The molecule has 0 bridgehead atoms. The number of hydrazone groups is 1. The van der Waals surface area contributed by atoms with Crippen molar-refractivity contribution in [3.8, 4) is 0 Å². The molecule has 2 amide bonds. The number of halogens is 1. The molecule has 0 saturated heterocycles. The van der Waals surface area contributed by atoms with Gasteiger partial charge in [-0.25, -0.2) is 5.43 Å². The minimum atomic E-state index is -0.803. The smallest absolute Gasteiger partial charge is 0.329 e. The lowest BCUT2D eigenvalue weighted by atomic mass is 10.1. The Labute approximate surface area is 139 Å². The molecule has 0 aromatic heterocycles. The first-order valence-corrected chi connectivity index (χ1v) is 7.43. The number of rotatable bonds is 5. The van der Waals surface area contributed by atoms with E-state index in [1.54, 1.807) is 24.3 Å². The number of amides is 2. The lowest BCUT2D eigenvalue weighted by molar-refractivity contribution is -0.139. The van der Waals surface area contributed by atoms with Gasteiger partial charge in [-0.2, -0.15) is 5.10 Å². The van der Waals surface area contributed by atoms with E-state index < -0.39 is 11.8 Å². The summed E-state index contributed by atoms with van der Waals surface area (Å²) in [5, 5.41) is 6.89. The number of benzene rings is 2. The summed E-state index contributed by atoms with van der Waals surface area (Å²) < 4.78 is 0. The molecule has 2 aromatic carbocycles. The highest BCUT2D eigenvalue weighted by atomic mass is 35.5. The molecule has 0 radical (unpaired) electrons. The molecule has 2 aromatic rings. The first-order chi connectivity index (χ1) is 11.1. The van der Waals surface area contributed by atoms with Crippen LogP contribution in [0.5, 0.6) is 0 Å². The van der Waals surface area contributed by atoms with Crippen LogP contribution in [0.1, 0.15) is 11.1 Å². The molecule has 2 N–H and O–H groups in total. The van der Waals surface area contributed by atoms with Gasteiger partial charge in [-0.1, -0.05) is 54.1 Å². The summed E-state index contributed by atoms with van der Waals surface area (Å²) in [5.74, 6) is -1.52. The van der Waals surface area contributed by atoms with E-state index in [9.17, 15) is 9.59 Å². The Bertz CT molecular complexity index is 685. The number of nitrogens with zero attached hydrogens (tertiary/aromatic N) is 1. The molecule has 0 aliphatic rings. The highest BCUT2D eigenvalue weighted by Gasteiger charge is 2.11. The summed E-state index contributed by atoms with van der Waals surface area (Å²) in [6.45, 7) is 0.386. The van der Waals surface area contributed by atoms with Crippen LogP contribution < -0.4 is 10.7 Å². The predicted octanol–water partition coefficient (Wildman–Crippen LogP) is 2.15. The molecule has 0 spiro atoms. The van der Waals surface area contributed by atoms with Crippen LogP contribution in [0.2, 0.25) is 5.02 Å². The Morgan fingerprint density at radius 2 is 1.70 bits per heavy atom. The zero-order valence-electron chi connectivity index (χ0n) is 12.3. The molecular formula is C17H16ClN3O2. The van der Waals surface area contributed by atoms with Crippen LogP contribution in [0.15, 0.2) is 59.7 Å². The topological polar surface area (TPSA) is 70.6 Å². The van der Waals surface area contributed by atoms with Crippen molar-refractivity contribution in [3.63, 3.8) is 0 Å². The highest BCUT2D eigenvalue weighted by Crippen LogP contribution is 2.07. The van der Waals surface area contributed by atoms with Crippen molar-refractivity contribution in [1.82, 2.24) is 10.7 Å². The summed E-state index contributed by atoms with van der Waals surface area (Å²) >= 11 is 5.76.